The van der Waals surface area contributed by atoms with Crippen molar-refractivity contribution in [1.29, 1.82) is 0 Å². The van der Waals surface area contributed by atoms with Crippen LogP contribution in [0.25, 0.3) is 0 Å². The lowest BCUT2D eigenvalue weighted by molar-refractivity contribution is 0.150. The van der Waals surface area contributed by atoms with E-state index >= 15 is 0 Å². The average molecular weight is 240 g/mol. The van der Waals surface area contributed by atoms with E-state index in [0.717, 1.165) is 38.1 Å². The molecule has 1 aliphatic carbocycles. The standard InChI is InChI=1S/C12H24N4O/c13-10-4-9-3-8(10)5-16(9)2-1-15-6-11(14)12(17)7-15/h8-12,17H,1-7,13-14H2/t8?,9?,10-,11-,12-/m0/s1. The lowest BCUT2D eigenvalue weighted by Crippen LogP contribution is -2.44. The number of piperidine rings is 1. The van der Waals surface area contributed by atoms with E-state index in [4.69, 9.17) is 11.5 Å². The van der Waals surface area contributed by atoms with Gasteiger partial charge < -0.3 is 16.6 Å². The third-order valence-corrected chi connectivity index (χ3v) is 4.82. The highest BCUT2D eigenvalue weighted by Crippen LogP contribution is 2.36. The van der Waals surface area contributed by atoms with Crippen LogP contribution in [-0.4, -0.2) is 71.9 Å². The topological polar surface area (TPSA) is 78.8 Å². The molecule has 2 bridgehead atoms. The van der Waals surface area contributed by atoms with Gasteiger partial charge >= 0.3 is 0 Å². The molecule has 5 N–H and O–H groups in total. The minimum atomic E-state index is -0.335. The van der Waals surface area contributed by atoms with Crippen LogP contribution < -0.4 is 11.5 Å². The maximum atomic E-state index is 9.60. The van der Waals surface area contributed by atoms with Gasteiger partial charge in [-0.2, -0.15) is 0 Å². The largest absolute Gasteiger partial charge is 0.390 e. The van der Waals surface area contributed by atoms with Crippen LogP contribution in [0.2, 0.25) is 0 Å². The van der Waals surface area contributed by atoms with Gasteiger partial charge in [-0.25, -0.2) is 0 Å². The van der Waals surface area contributed by atoms with Gasteiger partial charge in [0, 0.05) is 50.8 Å². The molecule has 98 valence electrons. The second-order valence-electron chi connectivity index (χ2n) is 6.03. The maximum Gasteiger partial charge on any atom is 0.0830 e. The van der Waals surface area contributed by atoms with E-state index < -0.39 is 0 Å². The van der Waals surface area contributed by atoms with E-state index in [1.165, 1.54) is 19.4 Å². The second kappa shape index (κ2) is 4.48. The van der Waals surface area contributed by atoms with Gasteiger partial charge in [-0.15, -0.1) is 0 Å². The second-order valence-corrected chi connectivity index (χ2v) is 6.03. The predicted octanol–water partition coefficient (Wildman–Crippen LogP) is -1.59. The Bertz CT molecular complexity index is 276. The molecule has 0 aromatic rings. The Morgan fingerprint density at radius 3 is 2.35 bits per heavy atom. The number of hydrogen-bond acceptors (Lipinski definition) is 5. The fourth-order valence-corrected chi connectivity index (χ4v) is 3.71. The summed E-state index contributed by atoms with van der Waals surface area (Å²) >= 11 is 0. The third kappa shape index (κ3) is 2.22. The first-order chi connectivity index (χ1) is 8.13. The monoisotopic (exact) mass is 240 g/mol. The van der Waals surface area contributed by atoms with Gasteiger partial charge in [0.2, 0.25) is 0 Å². The first-order valence-electron chi connectivity index (χ1n) is 6.79. The summed E-state index contributed by atoms with van der Waals surface area (Å²) < 4.78 is 0. The van der Waals surface area contributed by atoms with Crippen LogP contribution in [0.15, 0.2) is 0 Å². The van der Waals surface area contributed by atoms with Gasteiger partial charge in [-0.1, -0.05) is 0 Å². The smallest absolute Gasteiger partial charge is 0.0830 e. The summed E-state index contributed by atoms with van der Waals surface area (Å²) in [7, 11) is 0. The van der Waals surface area contributed by atoms with Crippen molar-refractivity contribution >= 4 is 0 Å². The van der Waals surface area contributed by atoms with Gasteiger partial charge in [0.05, 0.1) is 6.10 Å². The molecule has 0 radical (unpaired) electrons. The molecular formula is C12H24N4O. The van der Waals surface area contributed by atoms with Crippen LogP contribution in [0, 0.1) is 5.92 Å². The summed E-state index contributed by atoms with van der Waals surface area (Å²) in [6.45, 7) is 4.88. The highest BCUT2D eigenvalue weighted by atomic mass is 16.3. The number of nitrogens with two attached hydrogens (primary N) is 2. The Morgan fingerprint density at radius 1 is 1.00 bits per heavy atom. The Balaban J connectivity index is 1.44. The highest BCUT2D eigenvalue weighted by Gasteiger charge is 2.42. The summed E-state index contributed by atoms with van der Waals surface area (Å²) in [5.41, 5.74) is 11.9. The quantitative estimate of drug-likeness (QED) is 0.554. The molecule has 0 amide bonds. The van der Waals surface area contributed by atoms with Gasteiger partial charge in [-0.05, 0) is 18.8 Å². The first-order valence-corrected chi connectivity index (χ1v) is 6.79. The van der Waals surface area contributed by atoms with Gasteiger partial charge in [0.1, 0.15) is 0 Å². The van der Waals surface area contributed by atoms with Crippen molar-refractivity contribution in [3.63, 3.8) is 0 Å². The summed E-state index contributed by atoms with van der Waals surface area (Å²) in [6, 6.07) is 1.10. The van der Waals surface area contributed by atoms with Crippen LogP contribution in [-0.2, 0) is 0 Å². The highest BCUT2D eigenvalue weighted by molar-refractivity contribution is 4.99. The molecule has 2 unspecified atom stereocenters. The third-order valence-electron chi connectivity index (χ3n) is 4.82. The number of β-amino-alcohol motifs (C(OH)–C–C–N with tert-alkyl or cyclic N) is 1. The number of aliphatic hydroxyl groups is 1. The molecular weight excluding hydrogens is 216 g/mol. The van der Waals surface area contributed by atoms with E-state index in [1.54, 1.807) is 0 Å². The summed E-state index contributed by atoms with van der Waals surface area (Å²) in [4.78, 5) is 4.85. The van der Waals surface area contributed by atoms with Crippen molar-refractivity contribution in [3.8, 4) is 0 Å². The fourth-order valence-electron chi connectivity index (χ4n) is 3.71. The average Bonchev–Trinajstić information content (AvgIpc) is 2.91. The van der Waals surface area contributed by atoms with Crippen molar-refractivity contribution < 1.29 is 5.11 Å². The minimum Gasteiger partial charge on any atom is -0.390 e. The number of rotatable bonds is 3. The first kappa shape index (κ1) is 11.9. The van der Waals surface area contributed by atoms with Gasteiger partial charge in [0.15, 0.2) is 0 Å². The normalized spacial score (nSPS) is 47.1. The molecule has 2 aliphatic heterocycles. The molecule has 3 rings (SSSR count). The predicted molar refractivity (Wildman–Crippen MR) is 66.5 cm³/mol. The molecule has 3 aliphatic rings. The molecule has 2 saturated heterocycles. The molecule has 5 atom stereocenters. The van der Waals surface area contributed by atoms with Crippen molar-refractivity contribution in [2.75, 3.05) is 32.7 Å². The summed E-state index contributed by atoms with van der Waals surface area (Å²) in [6.07, 6.45) is 2.13. The number of aliphatic hydroxyl groups excluding tert-OH is 1. The summed E-state index contributed by atoms with van der Waals surface area (Å²) in [5.74, 6) is 0.728. The molecule has 2 heterocycles. The number of hydrogen-bond donors (Lipinski definition) is 3. The molecule has 1 saturated carbocycles. The van der Waals surface area contributed by atoms with E-state index in [9.17, 15) is 5.11 Å². The Kier molecular flexibility index (Phi) is 3.13. The molecule has 3 fully saturated rings. The molecule has 5 nitrogen and oxygen atoms in total. The fraction of sp³-hybridized carbons (Fsp3) is 1.00. The zero-order valence-corrected chi connectivity index (χ0v) is 10.3. The van der Waals surface area contributed by atoms with Crippen LogP contribution in [0.4, 0.5) is 0 Å². The van der Waals surface area contributed by atoms with E-state index in [0.29, 0.717) is 6.04 Å². The molecule has 0 aromatic heterocycles. The lowest BCUT2D eigenvalue weighted by Gasteiger charge is -2.31. The van der Waals surface area contributed by atoms with Crippen molar-refractivity contribution in [3.05, 3.63) is 0 Å². The minimum absolute atomic E-state index is 0.0570. The number of likely N-dealkylation sites (tertiary alicyclic amines) is 2. The Labute approximate surface area is 103 Å². The van der Waals surface area contributed by atoms with Crippen LogP contribution in [0.5, 0.6) is 0 Å². The van der Waals surface area contributed by atoms with Crippen LogP contribution in [0.1, 0.15) is 12.8 Å². The summed E-state index contributed by atoms with van der Waals surface area (Å²) in [5, 5.41) is 9.60. The van der Waals surface area contributed by atoms with Gasteiger partial charge in [-0.3, -0.25) is 9.80 Å². The Morgan fingerprint density at radius 2 is 1.82 bits per heavy atom. The van der Waals surface area contributed by atoms with Crippen LogP contribution >= 0.6 is 0 Å². The molecule has 0 spiro atoms. The molecule has 17 heavy (non-hydrogen) atoms. The van der Waals surface area contributed by atoms with Crippen molar-refractivity contribution in [2.24, 2.45) is 17.4 Å². The van der Waals surface area contributed by atoms with E-state index in [1.807, 2.05) is 0 Å². The van der Waals surface area contributed by atoms with Crippen LogP contribution in [0.3, 0.4) is 0 Å². The van der Waals surface area contributed by atoms with E-state index in [2.05, 4.69) is 9.80 Å². The zero-order chi connectivity index (χ0) is 12.0. The molecule has 0 aromatic carbocycles. The Hall–Kier alpha value is -0.200. The van der Waals surface area contributed by atoms with E-state index in [-0.39, 0.29) is 12.1 Å². The van der Waals surface area contributed by atoms with Crippen molar-refractivity contribution in [2.45, 2.75) is 37.1 Å². The maximum absolute atomic E-state index is 9.60. The number of nitrogens with zero attached hydrogens (tertiary/aromatic N) is 2. The number of fused-ring (bicyclic) bond motifs is 2. The molecule has 5 heteroatoms. The SMILES string of the molecule is N[C@H]1CC2CC1CN2CCN1C[C@H](N)[C@@H](O)C1. The lowest BCUT2D eigenvalue weighted by atomic mass is 10.0. The van der Waals surface area contributed by atoms with Gasteiger partial charge in [0.25, 0.3) is 0 Å². The zero-order valence-electron chi connectivity index (χ0n) is 10.3. The van der Waals surface area contributed by atoms with Crippen molar-refractivity contribution in [1.82, 2.24) is 9.80 Å².